The molecule has 44 heavy (non-hydrogen) atoms. The minimum Gasteiger partial charge on any atom is -0.706 e. The van der Waals surface area contributed by atoms with E-state index in [0.717, 1.165) is 47.6 Å². The molecule has 0 aliphatic heterocycles. The molecule has 4 nitrogen and oxygen atoms in total. The van der Waals surface area contributed by atoms with Crippen molar-refractivity contribution in [2.75, 3.05) is 6.26 Å². The van der Waals surface area contributed by atoms with E-state index in [1.54, 1.807) is 11.1 Å². The van der Waals surface area contributed by atoms with Gasteiger partial charge in [-0.05, 0) is 141 Å². The summed E-state index contributed by atoms with van der Waals surface area (Å²) in [6.45, 7) is 2.34. The van der Waals surface area contributed by atoms with E-state index in [9.17, 15) is 14.2 Å². The van der Waals surface area contributed by atoms with Gasteiger partial charge in [0.25, 0.3) is 10.1 Å². The summed E-state index contributed by atoms with van der Waals surface area (Å²) < 4.78 is 25.9. The van der Waals surface area contributed by atoms with Crippen molar-refractivity contribution in [1.29, 1.82) is 0 Å². The molecule has 1 unspecified atom stereocenters. The maximum Gasteiger partial charge on any atom is 2.00 e. The van der Waals surface area contributed by atoms with E-state index in [0.29, 0.717) is 11.7 Å². The van der Waals surface area contributed by atoms with Gasteiger partial charge in [-0.15, -0.1) is 50.7 Å². The molecule has 8 saturated carbocycles. The maximum absolute atomic E-state index is 10.0. The Kier molecular flexibility index (Phi) is 9.31. The first kappa shape index (κ1) is 33.2. The molecule has 8 aliphatic rings. The Bertz CT molecular complexity index is 1410. The molecule has 0 saturated heterocycles. The van der Waals surface area contributed by atoms with Crippen molar-refractivity contribution >= 4 is 30.3 Å². The van der Waals surface area contributed by atoms with E-state index in [2.05, 4.69) is 46.5 Å². The largest absolute Gasteiger partial charge is 2.00 e. The molecule has 0 spiro atoms. The predicted octanol–water partition coefficient (Wildman–Crippen LogP) is 9.12. The third kappa shape index (κ3) is 6.03. The van der Waals surface area contributed by atoms with Crippen LogP contribution in [0.2, 0.25) is 0 Å². The maximum atomic E-state index is 10.0. The fourth-order valence-electron chi connectivity index (χ4n) is 12.3. The van der Waals surface area contributed by atoms with Crippen LogP contribution in [0.25, 0.3) is 16.9 Å². The molecule has 10 rings (SSSR count). The Hall–Kier alpha value is -0.758. The fourth-order valence-corrected chi connectivity index (χ4v) is 13.2. The summed E-state index contributed by atoms with van der Waals surface area (Å²) in [7, 11) is -0.296. The molecule has 7 heteroatoms. The van der Waals surface area contributed by atoms with Crippen molar-refractivity contribution in [3.05, 3.63) is 52.8 Å². The second-order valence-corrected chi connectivity index (χ2v) is 17.9. The molecule has 2 aromatic carbocycles. The number of nitrogens with one attached hydrogen (secondary N) is 1. The smallest absolute Gasteiger partial charge is 0.706 e. The van der Waals surface area contributed by atoms with Crippen molar-refractivity contribution in [1.82, 2.24) is 0 Å². The second-order valence-electron chi connectivity index (χ2n) is 15.9. The van der Waals surface area contributed by atoms with Crippen LogP contribution in [0.3, 0.4) is 0 Å². The monoisotopic (exact) mass is 725 g/mol. The van der Waals surface area contributed by atoms with Gasteiger partial charge < -0.3 is 5.73 Å². The van der Waals surface area contributed by atoms with Crippen LogP contribution >= 0.6 is 9.24 Å². The fraction of sp³-hybridized carbons (Fsp3) is 0.676. The van der Waals surface area contributed by atoms with Gasteiger partial charge in [0, 0.05) is 0 Å². The average Bonchev–Trinajstić information content (AvgIpc) is 2.89. The SMILES string of the molecule is CCCCc1c(-c2[c-]cccc2)c([NH-])c(C23CC4CC(CC(C4)C2)C3)c(P)c1C12CC3CC(CC(C3)C1)C2.CS(=O)(=O)O.[Pd+2]. The molecular weight excluding hydrogens is 676 g/mol. The summed E-state index contributed by atoms with van der Waals surface area (Å²) >= 11 is 0. The van der Waals surface area contributed by atoms with Gasteiger partial charge in [0.05, 0.1) is 6.26 Å². The minimum atomic E-state index is -3.67. The molecule has 8 bridgehead atoms. The Morgan fingerprint density at radius 2 is 1.30 bits per heavy atom. The molecule has 242 valence electrons. The Balaban J connectivity index is 0.000000532. The van der Waals surface area contributed by atoms with Gasteiger partial charge in [-0.25, -0.2) is 0 Å². The number of hydrogen-bond acceptors (Lipinski definition) is 2. The van der Waals surface area contributed by atoms with E-state index in [1.165, 1.54) is 112 Å². The van der Waals surface area contributed by atoms with Crippen molar-refractivity contribution in [2.24, 2.45) is 35.5 Å². The standard InChI is InChI=1S/C36H46NP.CH4O3S.Pd/c1-2-3-9-29-30(28-7-5-4-6-8-28)33(37)32(36-19-25-13-26(20-36)15-27(14-25)21-36)34(38)31(29)35-16-22-10-23(17-35)12-24(11-22)18-35;1-5(2,3)4;/h4-7,22-27,37H,2-3,9-21,38H2,1H3;1H3,(H,2,3,4);/q-2;;+2. The quantitative estimate of drug-likeness (QED) is 0.140. The average molecular weight is 726 g/mol. The van der Waals surface area contributed by atoms with E-state index in [1.807, 2.05) is 0 Å². The minimum absolute atomic E-state index is 0. The molecule has 0 radical (unpaired) electrons. The van der Waals surface area contributed by atoms with Crippen LogP contribution in [0.1, 0.15) is 114 Å². The molecular formula is C37H50NO3PPdS. The predicted molar refractivity (Wildman–Crippen MR) is 180 cm³/mol. The van der Waals surface area contributed by atoms with Gasteiger partial charge in [-0.1, -0.05) is 30.9 Å². The van der Waals surface area contributed by atoms with Gasteiger partial charge in [0.15, 0.2) is 0 Å². The Morgan fingerprint density at radius 3 is 1.68 bits per heavy atom. The third-order valence-corrected chi connectivity index (χ3v) is 13.1. The van der Waals surface area contributed by atoms with Crippen LogP contribution in [0.4, 0.5) is 5.69 Å². The summed E-state index contributed by atoms with van der Waals surface area (Å²) in [5.41, 5.74) is 18.8. The zero-order valence-corrected chi connectivity index (χ0v) is 30.0. The van der Waals surface area contributed by atoms with E-state index in [-0.39, 0.29) is 25.8 Å². The first-order valence-corrected chi connectivity index (χ1v) is 19.5. The number of benzene rings is 2. The van der Waals surface area contributed by atoms with Crippen LogP contribution in [0, 0.1) is 41.6 Å². The topological polar surface area (TPSA) is 78.2 Å². The summed E-state index contributed by atoms with van der Waals surface area (Å²) in [6.07, 6.45) is 21.4. The normalized spacial score (nSPS) is 36.1. The van der Waals surface area contributed by atoms with Crippen molar-refractivity contribution in [2.45, 2.75) is 114 Å². The first-order valence-electron chi connectivity index (χ1n) is 17.1. The van der Waals surface area contributed by atoms with Crippen LogP contribution in [0.5, 0.6) is 0 Å². The van der Waals surface area contributed by atoms with Gasteiger partial charge in [0.1, 0.15) is 0 Å². The number of unbranched alkanes of at least 4 members (excludes halogenated alkanes) is 1. The molecule has 0 heterocycles. The van der Waals surface area contributed by atoms with E-state index in [4.69, 9.17) is 4.55 Å². The molecule has 0 aromatic heterocycles. The summed E-state index contributed by atoms with van der Waals surface area (Å²) in [5, 5.41) is 1.52. The van der Waals surface area contributed by atoms with Crippen molar-refractivity contribution in [3.8, 4) is 11.1 Å². The van der Waals surface area contributed by atoms with Gasteiger partial charge in [0.2, 0.25) is 0 Å². The van der Waals surface area contributed by atoms with Crippen LogP contribution in [-0.2, 0) is 47.8 Å². The summed E-state index contributed by atoms with van der Waals surface area (Å²) in [6, 6.07) is 12.3. The summed E-state index contributed by atoms with van der Waals surface area (Å²) in [4.78, 5) is 0. The molecule has 1 atom stereocenters. The summed E-state index contributed by atoms with van der Waals surface area (Å²) in [5.74, 6) is 5.53. The zero-order chi connectivity index (χ0) is 30.1. The molecule has 2 aromatic rings. The molecule has 2 N–H and O–H groups in total. The molecule has 8 fully saturated rings. The third-order valence-electron chi connectivity index (χ3n) is 12.5. The van der Waals surface area contributed by atoms with E-state index < -0.39 is 10.1 Å². The Labute approximate surface area is 282 Å². The number of hydrogen-bond donors (Lipinski definition) is 1. The van der Waals surface area contributed by atoms with Gasteiger partial charge in [-0.3, -0.25) is 4.55 Å². The van der Waals surface area contributed by atoms with E-state index >= 15 is 0 Å². The zero-order valence-electron chi connectivity index (χ0n) is 26.4. The molecule has 0 amide bonds. The van der Waals surface area contributed by atoms with Crippen LogP contribution < -0.4 is 5.30 Å². The van der Waals surface area contributed by atoms with Crippen LogP contribution in [-0.4, -0.2) is 19.2 Å². The van der Waals surface area contributed by atoms with Gasteiger partial charge in [-0.2, -0.15) is 14.1 Å². The number of rotatable bonds is 6. The van der Waals surface area contributed by atoms with Crippen molar-refractivity contribution < 1.29 is 33.4 Å². The molecule has 8 aliphatic carbocycles. The van der Waals surface area contributed by atoms with Gasteiger partial charge >= 0.3 is 20.4 Å². The van der Waals surface area contributed by atoms with Crippen molar-refractivity contribution in [3.63, 3.8) is 0 Å². The second kappa shape index (κ2) is 12.4. The first-order chi connectivity index (χ1) is 20.5. The Morgan fingerprint density at radius 1 is 0.864 bits per heavy atom. The van der Waals surface area contributed by atoms with Crippen LogP contribution in [0.15, 0.2) is 24.3 Å².